The van der Waals surface area contributed by atoms with Crippen LogP contribution in [-0.2, 0) is 6.42 Å². The van der Waals surface area contributed by atoms with Gasteiger partial charge >= 0.3 is 0 Å². The van der Waals surface area contributed by atoms with Crippen LogP contribution in [0.5, 0.6) is 11.5 Å². The van der Waals surface area contributed by atoms with Crippen LogP contribution in [0.2, 0.25) is 0 Å². The third-order valence-electron chi connectivity index (χ3n) is 6.86. The summed E-state index contributed by atoms with van der Waals surface area (Å²) in [6, 6.07) is 15.9. The van der Waals surface area contributed by atoms with Crippen LogP contribution >= 0.6 is 0 Å². The van der Waals surface area contributed by atoms with Gasteiger partial charge < -0.3 is 9.47 Å². The molecule has 2 aromatic rings. The summed E-state index contributed by atoms with van der Waals surface area (Å²) in [7, 11) is 0. The number of nitrogens with one attached hydrogen (secondary N) is 1. The summed E-state index contributed by atoms with van der Waals surface area (Å²) in [4.78, 5) is 2.35. The zero-order valence-corrected chi connectivity index (χ0v) is 20.4. The van der Waals surface area contributed by atoms with E-state index in [1.165, 1.54) is 11.1 Å². The number of benzene rings is 2. The number of nitrogens with two attached hydrogens (primary N) is 1. The molecule has 1 atom stereocenters. The highest BCUT2D eigenvalue weighted by molar-refractivity contribution is 5.86. The van der Waals surface area contributed by atoms with Crippen LogP contribution in [-0.4, -0.2) is 48.6 Å². The summed E-state index contributed by atoms with van der Waals surface area (Å²) in [6.07, 6.45) is 8.56. The zero-order chi connectivity index (χ0) is 24.6. The highest BCUT2D eigenvalue weighted by Gasteiger charge is 2.34. The van der Waals surface area contributed by atoms with Gasteiger partial charge in [0.05, 0.1) is 6.04 Å². The summed E-state index contributed by atoms with van der Waals surface area (Å²) in [5, 5.41) is 10.8. The predicted octanol–water partition coefficient (Wildman–Crippen LogP) is 4.90. The fourth-order valence-corrected chi connectivity index (χ4v) is 5.00. The summed E-state index contributed by atoms with van der Waals surface area (Å²) in [6.45, 7) is 11.1. The van der Waals surface area contributed by atoms with Crippen LogP contribution in [0.25, 0.3) is 0 Å². The molecule has 4 rings (SSSR count). The highest BCUT2D eigenvalue weighted by Crippen LogP contribution is 2.41. The minimum Gasteiger partial charge on any atom is -0.486 e. The number of amidine groups is 1. The smallest absolute Gasteiger partial charge is 0.166 e. The number of ether oxygens (including phenoxy) is 2. The van der Waals surface area contributed by atoms with Gasteiger partial charge in [-0.1, -0.05) is 73.9 Å². The van der Waals surface area contributed by atoms with Crippen molar-refractivity contribution in [1.82, 2.24) is 9.91 Å². The van der Waals surface area contributed by atoms with Crippen molar-refractivity contribution in [1.29, 1.82) is 5.41 Å². The van der Waals surface area contributed by atoms with Gasteiger partial charge in [-0.3, -0.25) is 15.3 Å². The number of likely N-dealkylation sites (tertiary alicyclic amines) is 1. The molecule has 3 N–H and O–H groups in total. The van der Waals surface area contributed by atoms with Crippen LogP contribution in [0.4, 0.5) is 0 Å². The molecule has 0 saturated carbocycles. The number of rotatable bonds is 9. The van der Waals surface area contributed by atoms with Crippen molar-refractivity contribution in [3.8, 4) is 11.5 Å². The van der Waals surface area contributed by atoms with Crippen LogP contribution in [0.3, 0.4) is 0 Å². The molecule has 184 valence electrons. The molecule has 0 aromatic heterocycles. The summed E-state index contributed by atoms with van der Waals surface area (Å²) >= 11 is 0. The van der Waals surface area contributed by atoms with E-state index < -0.39 is 0 Å². The maximum Gasteiger partial charge on any atom is 0.166 e. The molecule has 1 saturated heterocycles. The second-order valence-corrected chi connectivity index (χ2v) is 9.00. The van der Waals surface area contributed by atoms with E-state index in [-0.39, 0.29) is 6.04 Å². The predicted molar refractivity (Wildman–Crippen MR) is 142 cm³/mol. The third-order valence-corrected chi connectivity index (χ3v) is 6.86. The molecule has 2 aliphatic heterocycles. The Morgan fingerprint density at radius 3 is 2.54 bits per heavy atom. The number of nitrogens with zero attached hydrogens (tertiary/aromatic N) is 2. The lowest BCUT2D eigenvalue weighted by atomic mass is 9.87. The number of hydrogen-bond donors (Lipinski definition) is 2. The van der Waals surface area contributed by atoms with Crippen molar-refractivity contribution >= 4 is 5.84 Å². The third kappa shape index (κ3) is 5.84. The highest BCUT2D eigenvalue weighted by atomic mass is 16.6. The van der Waals surface area contributed by atoms with E-state index in [1.54, 1.807) is 5.01 Å². The largest absolute Gasteiger partial charge is 0.486 e. The van der Waals surface area contributed by atoms with E-state index in [0.717, 1.165) is 49.4 Å². The van der Waals surface area contributed by atoms with E-state index in [2.05, 4.69) is 36.3 Å². The molecule has 0 amide bonds. The van der Waals surface area contributed by atoms with E-state index in [9.17, 15) is 0 Å². The number of para-hydroxylation sites is 1. The second-order valence-electron chi connectivity index (χ2n) is 9.00. The van der Waals surface area contributed by atoms with Gasteiger partial charge in [-0.25, -0.2) is 5.84 Å². The monoisotopic (exact) mass is 472 g/mol. The standard InChI is InChI=1S/C29H36N4O2/c1-3-9-23(4-2)24-15-17-32(18-16-24)27(25-12-8-13-26-28(25)35-21-20-34-26)29(30)33(31)19-14-22-10-6-5-7-11-22/h3-13,24,27,30H,1-2,14-21,31H2/b23-9+,30-29?. The Hall–Kier alpha value is -3.35. The Morgan fingerprint density at radius 1 is 1.09 bits per heavy atom. The first-order valence-corrected chi connectivity index (χ1v) is 12.3. The molecule has 1 unspecified atom stereocenters. The molecular formula is C29H36N4O2. The normalized spacial score (nSPS) is 17.5. The van der Waals surface area contributed by atoms with Crippen molar-refractivity contribution in [2.75, 3.05) is 32.8 Å². The number of hydrazine groups is 1. The van der Waals surface area contributed by atoms with Gasteiger partial charge in [0.25, 0.3) is 0 Å². The SMILES string of the molecule is C=C/C=C(\C=C)C1CCN(C(C(=N)N(N)CCc2ccccc2)c2cccc3c2OCCO3)CC1. The van der Waals surface area contributed by atoms with Crippen molar-refractivity contribution in [2.24, 2.45) is 11.8 Å². The lowest BCUT2D eigenvalue weighted by molar-refractivity contribution is 0.149. The van der Waals surface area contributed by atoms with Gasteiger partial charge in [-0.05, 0) is 55.5 Å². The summed E-state index contributed by atoms with van der Waals surface area (Å²) < 4.78 is 11.9. The van der Waals surface area contributed by atoms with Crippen molar-refractivity contribution in [2.45, 2.75) is 25.3 Å². The fraction of sp³-hybridized carbons (Fsp3) is 0.345. The Kier molecular flexibility index (Phi) is 8.40. The number of piperidine rings is 1. The van der Waals surface area contributed by atoms with E-state index >= 15 is 0 Å². The van der Waals surface area contributed by atoms with E-state index in [1.807, 2.05) is 48.6 Å². The molecule has 0 aliphatic carbocycles. The first kappa shape index (κ1) is 24.8. The van der Waals surface area contributed by atoms with Gasteiger partial charge in [0.15, 0.2) is 11.5 Å². The van der Waals surface area contributed by atoms with Crippen molar-refractivity contribution in [3.05, 3.63) is 96.6 Å². The molecule has 6 heteroatoms. The number of allylic oxidation sites excluding steroid dienone is 4. The Morgan fingerprint density at radius 2 is 1.83 bits per heavy atom. The molecule has 1 fully saturated rings. The average Bonchev–Trinajstić information content (AvgIpc) is 2.91. The molecule has 0 spiro atoms. The molecule has 2 aromatic carbocycles. The molecule has 2 aliphatic rings. The summed E-state index contributed by atoms with van der Waals surface area (Å²) in [5.74, 6) is 8.77. The summed E-state index contributed by atoms with van der Waals surface area (Å²) in [5.41, 5.74) is 3.36. The van der Waals surface area contributed by atoms with Gasteiger partial charge in [-0.15, -0.1) is 0 Å². The minimum atomic E-state index is -0.316. The maximum absolute atomic E-state index is 9.17. The molecule has 35 heavy (non-hydrogen) atoms. The lowest BCUT2D eigenvalue weighted by Crippen LogP contribution is -2.49. The Bertz CT molecular complexity index is 1060. The number of hydrogen-bond acceptors (Lipinski definition) is 5. The van der Waals surface area contributed by atoms with Crippen LogP contribution in [0, 0.1) is 11.3 Å². The van der Waals surface area contributed by atoms with Gasteiger partial charge in [0, 0.05) is 12.1 Å². The molecule has 6 nitrogen and oxygen atoms in total. The Balaban J connectivity index is 1.57. The van der Waals surface area contributed by atoms with E-state index in [4.69, 9.17) is 20.7 Å². The molecule has 2 heterocycles. The van der Waals surface area contributed by atoms with Crippen LogP contribution in [0.15, 0.2) is 85.5 Å². The molecule has 0 radical (unpaired) electrons. The lowest BCUT2D eigenvalue weighted by Gasteiger charge is -2.40. The quantitative estimate of drug-likeness (QED) is 0.178. The topological polar surface area (TPSA) is 74.8 Å². The van der Waals surface area contributed by atoms with Gasteiger partial charge in [-0.2, -0.15) is 0 Å². The van der Waals surface area contributed by atoms with Gasteiger partial charge in [0.2, 0.25) is 0 Å². The maximum atomic E-state index is 9.17. The van der Waals surface area contributed by atoms with E-state index in [0.29, 0.717) is 31.5 Å². The van der Waals surface area contributed by atoms with Crippen molar-refractivity contribution in [3.63, 3.8) is 0 Å². The van der Waals surface area contributed by atoms with Crippen LogP contribution < -0.4 is 15.3 Å². The molecular weight excluding hydrogens is 436 g/mol. The zero-order valence-electron chi connectivity index (χ0n) is 20.4. The first-order valence-electron chi connectivity index (χ1n) is 12.3. The van der Waals surface area contributed by atoms with Crippen LogP contribution in [0.1, 0.15) is 30.0 Å². The Labute approximate surface area is 208 Å². The number of fused-ring (bicyclic) bond motifs is 1. The van der Waals surface area contributed by atoms with Crippen molar-refractivity contribution < 1.29 is 9.47 Å². The first-order chi connectivity index (χ1) is 17.1. The average molecular weight is 473 g/mol. The minimum absolute atomic E-state index is 0.316. The fourth-order valence-electron chi connectivity index (χ4n) is 5.00. The molecule has 0 bridgehead atoms. The van der Waals surface area contributed by atoms with Gasteiger partial charge in [0.1, 0.15) is 19.0 Å². The second kappa shape index (κ2) is 11.9.